The molecule has 0 aromatic heterocycles. The van der Waals surface area contributed by atoms with Crippen molar-refractivity contribution in [3.05, 3.63) is 87.9 Å². The summed E-state index contributed by atoms with van der Waals surface area (Å²) in [6.45, 7) is 0.443. The number of aromatic hydroxyl groups is 1. The molecule has 3 aromatic carbocycles. The lowest BCUT2D eigenvalue weighted by atomic mass is 10.2. The molecule has 3 aromatic rings. The number of phenolic OH excluding ortho intramolecular Hbond substituents is 1. The minimum absolute atomic E-state index is 0.0669. The standard InChI is InChI=1S/C21H16Cl2N2O3S/c22-17-10-15(11-18(23)19(17)26)24-21(29)25-20(27)14-6-8-16(9-7-14)28-12-13-4-2-1-3-5-13/h1-11,26H,12H2,(H2,24,25,27,29). The van der Waals surface area contributed by atoms with Crippen molar-refractivity contribution in [2.24, 2.45) is 0 Å². The van der Waals surface area contributed by atoms with E-state index in [4.69, 9.17) is 40.2 Å². The molecule has 3 rings (SSSR count). The van der Waals surface area contributed by atoms with E-state index in [1.54, 1.807) is 24.3 Å². The smallest absolute Gasteiger partial charge is 0.257 e. The summed E-state index contributed by atoms with van der Waals surface area (Å²) in [5, 5.41) is 15.1. The van der Waals surface area contributed by atoms with Crippen molar-refractivity contribution in [2.45, 2.75) is 6.61 Å². The van der Waals surface area contributed by atoms with E-state index in [2.05, 4.69) is 10.6 Å². The third-order valence-corrected chi connectivity index (χ3v) is 4.65. The lowest BCUT2D eigenvalue weighted by Gasteiger charge is -2.11. The van der Waals surface area contributed by atoms with Crippen molar-refractivity contribution < 1.29 is 14.6 Å². The minimum Gasteiger partial charge on any atom is -0.505 e. The topological polar surface area (TPSA) is 70.6 Å². The SMILES string of the molecule is O=C(NC(=S)Nc1cc(Cl)c(O)c(Cl)c1)c1ccc(OCc2ccccc2)cc1. The number of rotatable bonds is 5. The second-order valence-corrected chi connectivity index (χ2v) is 7.22. The highest BCUT2D eigenvalue weighted by Crippen LogP contribution is 2.34. The normalized spacial score (nSPS) is 10.3. The van der Waals surface area contributed by atoms with Crippen LogP contribution in [-0.4, -0.2) is 16.1 Å². The molecular formula is C21H16Cl2N2O3S. The number of halogens is 2. The van der Waals surface area contributed by atoms with Gasteiger partial charge in [0, 0.05) is 11.3 Å². The number of hydrogen-bond donors (Lipinski definition) is 3. The van der Waals surface area contributed by atoms with Gasteiger partial charge in [-0.2, -0.15) is 0 Å². The fraction of sp³-hybridized carbons (Fsp3) is 0.0476. The third-order valence-electron chi connectivity index (χ3n) is 3.87. The molecule has 0 spiro atoms. The average Bonchev–Trinajstić information content (AvgIpc) is 2.71. The van der Waals surface area contributed by atoms with Gasteiger partial charge in [-0.05, 0) is 54.2 Å². The number of phenols is 1. The molecule has 0 aliphatic heterocycles. The number of ether oxygens (including phenoxy) is 1. The Morgan fingerprint density at radius 3 is 2.24 bits per heavy atom. The highest BCUT2D eigenvalue weighted by Gasteiger charge is 2.11. The first-order valence-electron chi connectivity index (χ1n) is 8.49. The quantitative estimate of drug-likeness (QED) is 0.361. The van der Waals surface area contributed by atoms with Gasteiger partial charge in [0.1, 0.15) is 12.4 Å². The van der Waals surface area contributed by atoms with Gasteiger partial charge >= 0.3 is 0 Å². The molecular weight excluding hydrogens is 431 g/mol. The molecule has 0 aliphatic rings. The molecule has 0 saturated carbocycles. The van der Waals surface area contributed by atoms with E-state index >= 15 is 0 Å². The van der Waals surface area contributed by atoms with E-state index in [0.29, 0.717) is 23.6 Å². The lowest BCUT2D eigenvalue weighted by Crippen LogP contribution is -2.34. The van der Waals surface area contributed by atoms with E-state index in [1.807, 2.05) is 30.3 Å². The van der Waals surface area contributed by atoms with Crippen LogP contribution in [0.4, 0.5) is 5.69 Å². The first-order chi connectivity index (χ1) is 13.9. The Morgan fingerprint density at radius 2 is 1.62 bits per heavy atom. The summed E-state index contributed by atoms with van der Waals surface area (Å²) in [4.78, 5) is 12.4. The van der Waals surface area contributed by atoms with Crippen molar-refractivity contribution in [1.29, 1.82) is 0 Å². The van der Waals surface area contributed by atoms with Crippen molar-refractivity contribution in [2.75, 3.05) is 5.32 Å². The molecule has 5 nitrogen and oxygen atoms in total. The van der Waals surface area contributed by atoms with E-state index in [-0.39, 0.29) is 26.8 Å². The zero-order chi connectivity index (χ0) is 20.8. The maximum Gasteiger partial charge on any atom is 0.257 e. The summed E-state index contributed by atoms with van der Waals surface area (Å²) < 4.78 is 5.70. The van der Waals surface area contributed by atoms with Crippen LogP contribution in [0.3, 0.4) is 0 Å². The highest BCUT2D eigenvalue weighted by molar-refractivity contribution is 7.80. The molecule has 0 unspecified atom stereocenters. The molecule has 0 radical (unpaired) electrons. The fourth-order valence-electron chi connectivity index (χ4n) is 2.42. The first-order valence-corrected chi connectivity index (χ1v) is 9.66. The number of anilines is 1. The van der Waals surface area contributed by atoms with Crippen LogP contribution in [0, 0.1) is 0 Å². The van der Waals surface area contributed by atoms with Gasteiger partial charge < -0.3 is 15.2 Å². The lowest BCUT2D eigenvalue weighted by molar-refractivity contribution is 0.0977. The Kier molecular flexibility index (Phi) is 6.93. The van der Waals surface area contributed by atoms with Crippen LogP contribution < -0.4 is 15.4 Å². The van der Waals surface area contributed by atoms with Crippen molar-refractivity contribution >= 4 is 52.1 Å². The molecule has 0 aliphatic carbocycles. The van der Waals surface area contributed by atoms with Gasteiger partial charge in [0.25, 0.3) is 5.91 Å². The molecule has 8 heteroatoms. The summed E-state index contributed by atoms with van der Waals surface area (Å²) in [7, 11) is 0. The van der Waals surface area contributed by atoms with E-state index in [1.165, 1.54) is 12.1 Å². The van der Waals surface area contributed by atoms with Crippen LogP contribution in [0.1, 0.15) is 15.9 Å². The second-order valence-electron chi connectivity index (χ2n) is 6.00. The number of nitrogens with one attached hydrogen (secondary N) is 2. The molecule has 0 heterocycles. The van der Waals surface area contributed by atoms with E-state index in [0.717, 1.165) is 5.56 Å². The van der Waals surface area contributed by atoms with Crippen LogP contribution in [0.2, 0.25) is 10.0 Å². The number of benzene rings is 3. The first kappa shape index (κ1) is 20.9. The molecule has 3 N–H and O–H groups in total. The van der Waals surface area contributed by atoms with Crippen molar-refractivity contribution in [3.63, 3.8) is 0 Å². The van der Waals surface area contributed by atoms with Crippen molar-refractivity contribution in [1.82, 2.24) is 5.32 Å². The molecule has 0 fully saturated rings. The molecule has 0 bridgehead atoms. The summed E-state index contributed by atoms with van der Waals surface area (Å²) in [6.07, 6.45) is 0. The Morgan fingerprint density at radius 1 is 1.00 bits per heavy atom. The van der Waals surface area contributed by atoms with E-state index < -0.39 is 0 Å². The van der Waals surface area contributed by atoms with Gasteiger partial charge in [0.2, 0.25) is 0 Å². The summed E-state index contributed by atoms with van der Waals surface area (Å²) in [5.74, 6) is 0.0518. The molecule has 0 atom stereocenters. The Hall–Kier alpha value is -2.80. The highest BCUT2D eigenvalue weighted by atomic mass is 35.5. The third kappa shape index (κ3) is 5.84. The zero-order valence-electron chi connectivity index (χ0n) is 15.0. The Bertz CT molecular complexity index is 1000. The molecule has 148 valence electrons. The van der Waals surface area contributed by atoms with Gasteiger partial charge in [-0.3, -0.25) is 10.1 Å². The predicted octanol–water partition coefficient (Wildman–Crippen LogP) is 5.40. The zero-order valence-corrected chi connectivity index (χ0v) is 17.3. The number of amides is 1. The average molecular weight is 447 g/mol. The molecule has 1 amide bonds. The maximum absolute atomic E-state index is 12.4. The fourth-order valence-corrected chi connectivity index (χ4v) is 3.12. The van der Waals surface area contributed by atoms with Gasteiger partial charge in [-0.15, -0.1) is 0 Å². The van der Waals surface area contributed by atoms with Gasteiger partial charge in [-0.1, -0.05) is 53.5 Å². The van der Waals surface area contributed by atoms with Gasteiger partial charge in [0.15, 0.2) is 10.9 Å². The second kappa shape index (κ2) is 9.60. The van der Waals surface area contributed by atoms with Crippen LogP contribution in [0.15, 0.2) is 66.7 Å². The summed E-state index contributed by atoms with van der Waals surface area (Å²) in [6, 6.07) is 19.4. The van der Waals surface area contributed by atoms with Crippen LogP contribution >= 0.6 is 35.4 Å². The number of carbonyl (C=O) groups excluding carboxylic acids is 1. The Labute approximate surface area is 183 Å². The van der Waals surface area contributed by atoms with Crippen LogP contribution in [0.25, 0.3) is 0 Å². The predicted molar refractivity (Wildman–Crippen MR) is 119 cm³/mol. The van der Waals surface area contributed by atoms with Crippen LogP contribution in [-0.2, 0) is 6.61 Å². The van der Waals surface area contributed by atoms with Gasteiger partial charge in [-0.25, -0.2) is 0 Å². The van der Waals surface area contributed by atoms with Crippen LogP contribution in [0.5, 0.6) is 11.5 Å². The van der Waals surface area contributed by atoms with Crippen molar-refractivity contribution in [3.8, 4) is 11.5 Å². The largest absolute Gasteiger partial charge is 0.505 e. The van der Waals surface area contributed by atoms with E-state index in [9.17, 15) is 9.90 Å². The minimum atomic E-state index is -0.381. The maximum atomic E-state index is 12.4. The molecule has 0 saturated heterocycles. The number of hydrogen-bond acceptors (Lipinski definition) is 4. The summed E-state index contributed by atoms with van der Waals surface area (Å²) >= 11 is 16.9. The molecule has 29 heavy (non-hydrogen) atoms. The monoisotopic (exact) mass is 446 g/mol. The number of carbonyl (C=O) groups is 1. The Balaban J connectivity index is 1.55. The summed E-state index contributed by atoms with van der Waals surface area (Å²) in [5.41, 5.74) is 1.91. The number of thiocarbonyl (C=S) groups is 1. The van der Waals surface area contributed by atoms with Gasteiger partial charge in [0.05, 0.1) is 10.0 Å².